The number of halogens is 1. The van der Waals surface area contributed by atoms with Gasteiger partial charge in [-0.3, -0.25) is 0 Å². The molecule has 0 radical (unpaired) electrons. The van der Waals surface area contributed by atoms with E-state index in [0.717, 1.165) is 18.6 Å². The fourth-order valence-corrected chi connectivity index (χ4v) is 3.39. The standard InChI is InChI=1S/C11H13FO3S/c12-10-1-3-11(4-2-10)16(13,14)8-9-5-6-15-7-9/h1-4,9H,5-8H2. The molecule has 1 unspecified atom stereocenters. The molecule has 1 heterocycles. The second kappa shape index (κ2) is 4.51. The van der Waals surface area contributed by atoms with Gasteiger partial charge in [-0.25, -0.2) is 12.8 Å². The van der Waals surface area contributed by atoms with Crippen LogP contribution in [0.25, 0.3) is 0 Å². The first kappa shape index (κ1) is 11.5. The van der Waals surface area contributed by atoms with Crippen molar-refractivity contribution < 1.29 is 17.5 Å². The Bertz CT molecular complexity index is 447. The van der Waals surface area contributed by atoms with Crippen molar-refractivity contribution in [2.75, 3.05) is 19.0 Å². The second-order valence-electron chi connectivity index (χ2n) is 3.96. The van der Waals surface area contributed by atoms with Crippen LogP contribution >= 0.6 is 0 Å². The topological polar surface area (TPSA) is 43.4 Å². The molecular weight excluding hydrogens is 231 g/mol. The molecule has 1 aliphatic heterocycles. The van der Waals surface area contributed by atoms with E-state index >= 15 is 0 Å². The second-order valence-corrected chi connectivity index (χ2v) is 6.00. The summed E-state index contributed by atoms with van der Waals surface area (Å²) in [6.45, 7) is 1.13. The summed E-state index contributed by atoms with van der Waals surface area (Å²) >= 11 is 0. The molecule has 5 heteroatoms. The number of sulfone groups is 1. The van der Waals surface area contributed by atoms with Gasteiger partial charge in [-0.2, -0.15) is 0 Å². The molecule has 0 aromatic heterocycles. The van der Waals surface area contributed by atoms with Gasteiger partial charge < -0.3 is 4.74 Å². The largest absolute Gasteiger partial charge is 0.381 e. The lowest BCUT2D eigenvalue weighted by atomic mass is 10.2. The molecule has 1 fully saturated rings. The monoisotopic (exact) mass is 244 g/mol. The van der Waals surface area contributed by atoms with Crippen molar-refractivity contribution >= 4 is 9.84 Å². The summed E-state index contributed by atoms with van der Waals surface area (Å²) in [5, 5.41) is 0. The summed E-state index contributed by atoms with van der Waals surface area (Å²) in [4.78, 5) is 0.181. The van der Waals surface area contributed by atoms with Gasteiger partial charge >= 0.3 is 0 Å². The van der Waals surface area contributed by atoms with Crippen LogP contribution in [0.4, 0.5) is 4.39 Å². The van der Waals surface area contributed by atoms with Gasteiger partial charge in [0.25, 0.3) is 0 Å². The Kier molecular flexibility index (Phi) is 3.25. The molecule has 88 valence electrons. The van der Waals surface area contributed by atoms with Gasteiger partial charge in [-0.1, -0.05) is 0 Å². The van der Waals surface area contributed by atoms with Crippen molar-refractivity contribution in [1.82, 2.24) is 0 Å². The maximum Gasteiger partial charge on any atom is 0.178 e. The van der Waals surface area contributed by atoms with Crippen LogP contribution in [0.2, 0.25) is 0 Å². The molecule has 1 aromatic rings. The molecule has 0 aliphatic carbocycles. The fraction of sp³-hybridized carbons (Fsp3) is 0.455. The quantitative estimate of drug-likeness (QED) is 0.759. The van der Waals surface area contributed by atoms with Gasteiger partial charge in [0.1, 0.15) is 5.82 Å². The molecule has 3 nitrogen and oxygen atoms in total. The summed E-state index contributed by atoms with van der Waals surface area (Å²) in [7, 11) is -3.31. The molecule has 1 aliphatic rings. The zero-order valence-electron chi connectivity index (χ0n) is 8.73. The van der Waals surface area contributed by atoms with Gasteiger partial charge in [-0.15, -0.1) is 0 Å². The van der Waals surface area contributed by atoms with E-state index in [4.69, 9.17) is 4.74 Å². The number of rotatable bonds is 3. The normalized spacial score (nSPS) is 21.2. The van der Waals surface area contributed by atoms with Crippen molar-refractivity contribution in [2.24, 2.45) is 5.92 Å². The maximum atomic E-state index is 12.7. The molecule has 1 atom stereocenters. The van der Waals surface area contributed by atoms with Crippen LogP contribution in [0.3, 0.4) is 0 Å². The van der Waals surface area contributed by atoms with Crippen LogP contribution < -0.4 is 0 Å². The van der Waals surface area contributed by atoms with Crippen LogP contribution in [0.5, 0.6) is 0 Å². The van der Waals surface area contributed by atoms with Crippen LogP contribution in [-0.4, -0.2) is 27.4 Å². The van der Waals surface area contributed by atoms with Gasteiger partial charge in [0, 0.05) is 6.61 Å². The Morgan fingerprint density at radius 3 is 2.56 bits per heavy atom. The molecular formula is C11H13FO3S. The third-order valence-electron chi connectivity index (χ3n) is 2.65. The maximum absolute atomic E-state index is 12.7. The summed E-state index contributed by atoms with van der Waals surface area (Å²) in [6.07, 6.45) is 0.778. The van der Waals surface area contributed by atoms with Crippen LogP contribution in [0.15, 0.2) is 29.2 Å². The molecule has 0 amide bonds. The van der Waals surface area contributed by atoms with Crippen molar-refractivity contribution in [3.05, 3.63) is 30.1 Å². The molecule has 0 saturated carbocycles. The van der Waals surface area contributed by atoms with Crippen molar-refractivity contribution in [2.45, 2.75) is 11.3 Å². The van der Waals surface area contributed by atoms with Crippen LogP contribution in [-0.2, 0) is 14.6 Å². The number of hydrogen-bond donors (Lipinski definition) is 0. The third kappa shape index (κ3) is 2.59. The first-order chi connectivity index (χ1) is 7.58. The molecule has 0 spiro atoms. The minimum absolute atomic E-state index is 0.0649. The molecule has 0 N–H and O–H groups in total. The first-order valence-electron chi connectivity index (χ1n) is 5.14. The summed E-state index contributed by atoms with van der Waals surface area (Å²) in [5.41, 5.74) is 0. The Hall–Kier alpha value is -0.940. The number of benzene rings is 1. The summed E-state index contributed by atoms with van der Waals surface area (Å²) in [6, 6.07) is 4.94. The smallest absolute Gasteiger partial charge is 0.178 e. The minimum Gasteiger partial charge on any atom is -0.381 e. The van der Waals surface area contributed by atoms with E-state index in [9.17, 15) is 12.8 Å². The van der Waals surface area contributed by atoms with E-state index in [2.05, 4.69) is 0 Å². The highest BCUT2D eigenvalue weighted by Crippen LogP contribution is 2.20. The molecule has 1 aromatic carbocycles. The van der Waals surface area contributed by atoms with Gasteiger partial charge in [0.15, 0.2) is 9.84 Å². The van der Waals surface area contributed by atoms with E-state index < -0.39 is 15.7 Å². The lowest BCUT2D eigenvalue weighted by Gasteiger charge is -2.08. The van der Waals surface area contributed by atoms with E-state index in [-0.39, 0.29) is 16.6 Å². The Morgan fingerprint density at radius 2 is 2.00 bits per heavy atom. The molecule has 16 heavy (non-hydrogen) atoms. The SMILES string of the molecule is O=S(=O)(CC1CCOC1)c1ccc(F)cc1. The fourth-order valence-electron chi connectivity index (χ4n) is 1.76. The highest BCUT2D eigenvalue weighted by molar-refractivity contribution is 7.91. The summed E-state index contributed by atoms with van der Waals surface area (Å²) < 4.78 is 41.6. The van der Waals surface area contributed by atoms with Crippen molar-refractivity contribution in [3.63, 3.8) is 0 Å². The van der Waals surface area contributed by atoms with Crippen LogP contribution in [0, 0.1) is 11.7 Å². The predicted molar refractivity (Wildman–Crippen MR) is 57.4 cm³/mol. The third-order valence-corrected chi connectivity index (χ3v) is 4.55. The zero-order valence-corrected chi connectivity index (χ0v) is 9.54. The van der Waals surface area contributed by atoms with Gasteiger partial charge in [-0.05, 0) is 36.6 Å². The van der Waals surface area contributed by atoms with E-state index in [1.807, 2.05) is 0 Å². The zero-order chi connectivity index (χ0) is 11.6. The lowest BCUT2D eigenvalue weighted by Crippen LogP contribution is -2.16. The highest BCUT2D eigenvalue weighted by Gasteiger charge is 2.24. The van der Waals surface area contributed by atoms with E-state index in [1.165, 1.54) is 12.1 Å². The first-order valence-corrected chi connectivity index (χ1v) is 6.79. The Balaban J connectivity index is 2.14. The average molecular weight is 244 g/mol. The summed E-state index contributed by atoms with van der Waals surface area (Å²) in [5.74, 6) is -0.281. The van der Waals surface area contributed by atoms with Gasteiger partial charge in [0.05, 0.1) is 17.3 Å². The van der Waals surface area contributed by atoms with Gasteiger partial charge in [0.2, 0.25) is 0 Å². The van der Waals surface area contributed by atoms with E-state index in [1.54, 1.807) is 0 Å². The predicted octanol–water partition coefficient (Wildman–Crippen LogP) is 1.64. The number of hydrogen-bond acceptors (Lipinski definition) is 3. The van der Waals surface area contributed by atoms with Crippen molar-refractivity contribution in [3.8, 4) is 0 Å². The highest BCUT2D eigenvalue weighted by atomic mass is 32.2. The molecule has 1 saturated heterocycles. The van der Waals surface area contributed by atoms with E-state index in [0.29, 0.717) is 13.2 Å². The average Bonchev–Trinajstić information content (AvgIpc) is 2.70. The molecule has 0 bridgehead atoms. The molecule has 2 rings (SSSR count). The Labute approximate surface area is 94.2 Å². The lowest BCUT2D eigenvalue weighted by molar-refractivity contribution is 0.188. The number of ether oxygens (including phenoxy) is 1. The minimum atomic E-state index is -3.31. The van der Waals surface area contributed by atoms with Crippen LogP contribution in [0.1, 0.15) is 6.42 Å². The van der Waals surface area contributed by atoms with Crippen molar-refractivity contribution in [1.29, 1.82) is 0 Å². The Morgan fingerprint density at radius 1 is 1.31 bits per heavy atom.